The molecule has 0 aliphatic carbocycles. The molecule has 5 atom stereocenters. The van der Waals surface area contributed by atoms with Crippen molar-refractivity contribution in [3.8, 4) is 0 Å². The molecule has 0 rings (SSSR count). The lowest BCUT2D eigenvalue weighted by Crippen LogP contribution is -2.30. The third kappa shape index (κ3) is 62.6. The highest BCUT2D eigenvalue weighted by atomic mass is 31.2. The van der Waals surface area contributed by atoms with Gasteiger partial charge in [0.1, 0.15) is 19.3 Å². The van der Waals surface area contributed by atoms with Crippen molar-refractivity contribution >= 4 is 39.5 Å². The molecule has 17 nitrogen and oxygen atoms in total. The maximum Gasteiger partial charge on any atom is 0.472 e. The predicted octanol–water partition coefficient (Wildman–Crippen LogP) is 19.2. The Morgan fingerprint density at radius 1 is 0.310 bits per heavy atom. The maximum atomic E-state index is 13.0. The van der Waals surface area contributed by atoms with Crippen molar-refractivity contribution in [1.29, 1.82) is 0 Å². The highest BCUT2D eigenvalue weighted by molar-refractivity contribution is 7.47. The van der Waals surface area contributed by atoms with Gasteiger partial charge in [0.05, 0.1) is 26.4 Å². The van der Waals surface area contributed by atoms with Gasteiger partial charge in [-0.2, -0.15) is 0 Å². The molecule has 0 spiro atoms. The lowest BCUT2D eigenvalue weighted by molar-refractivity contribution is -0.161. The maximum absolute atomic E-state index is 13.0. The van der Waals surface area contributed by atoms with Crippen LogP contribution in [0.5, 0.6) is 0 Å². The summed E-state index contributed by atoms with van der Waals surface area (Å²) in [4.78, 5) is 72.4. The normalized spacial score (nSPS) is 14.2. The number of ether oxygens (including phenoxy) is 4. The number of carbonyl (C=O) groups is 4. The molecule has 0 radical (unpaired) electrons. The van der Waals surface area contributed by atoms with Gasteiger partial charge in [0, 0.05) is 25.7 Å². The van der Waals surface area contributed by atoms with Gasteiger partial charge in [0.25, 0.3) is 0 Å². The van der Waals surface area contributed by atoms with Gasteiger partial charge in [-0.3, -0.25) is 37.3 Å². The Balaban J connectivity index is 5.23. The summed E-state index contributed by atoms with van der Waals surface area (Å²) in [5.41, 5.74) is 0. The molecule has 0 aliphatic rings. The van der Waals surface area contributed by atoms with E-state index in [0.29, 0.717) is 37.5 Å². The molecule has 0 amide bonds. The van der Waals surface area contributed by atoms with Crippen LogP contribution in [0.1, 0.15) is 343 Å². The van der Waals surface area contributed by atoms with E-state index >= 15 is 0 Å². The zero-order chi connectivity index (χ0) is 64.3. The van der Waals surface area contributed by atoms with Crippen molar-refractivity contribution < 1.29 is 80.2 Å². The summed E-state index contributed by atoms with van der Waals surface area (Å²) < 4.78 is 68.1. The second kappa shape index (κ2) is 60.3. The molecule has 0 aromatic rings. The summed E-state index contributed by atoms with van der Waals surface area (Å²) in [6.07, 6.45) is 44.6. The minimum Gasteiger partial charge on any atom is -0.462 e. The number of unbranched alkanes of at least 4 members (excludes halogenated alkanes) is 37. The van der Waals surface area contributed by atoms with E-state index < -0.39 is 97.5 Å². The Labute approximate surface area is 530 Å². The first-order valence-electron chi connectivity index (χ1n) is 35.5. The average molecular weight is 1280 g/mol. The summed E-state index contributed by atoms with van der Waals surface area (Å²) in [7, 11) is -9.89. The fourth-order valence-electron chi connectivity index (χ4n) is 10.2. The van der Waals surface area contributed by atoms with Gasteiger partial charge in [0.15, 0.2) is 12.2 Å². The van der Waals surface area contributed by atoms with Crippen LogP contribution in [-0.2, 0) is 65.4 Å². The lowest BCUT2D eigenvalue weighted by atomic mass is 10.0. The Morgan fingerprint density at radius 2 is 0.529 bits per heavy atom. The molecule has 0 bridgehead atoms. The zero-order valence-electron chi connectivity index (χ0n) is 56.3. The van der Waals surface area contributed by atoms with Gasteiger partial charge in [-0.05, 0) is 37.5 Å². The SMILES string of the molecule is CCCCCCCCCCCCCCCCC(=O)OC[C@H](COP(=O)(O)OC[C@@H](O)COP(=O)(O)OC[C@@H](COC(=O)CCCCCCCCC(C)C)OC(=O)CCCCCCCCCC(C)C)OC(=O)CCCCCCCCCCCCCCCC. The largest absolute Gasteiger partial charge is 0.472 e. The summed E-state index contributed by atoms with van der Waals surface area (Å²) in [6.45, 7) is 9.39. The first-order chi connectivity index (χ1) is 41.9. The number of aliphatic hydroxyl groups excluding tert-OH is 1. The zero-order valence-corrected chi connectivity index (χ0v) is 58.1. The van der Waals surface area contributed by atoms with E-state index in [-0.39, 0.29) is 25.7 Å². The fourth-order valence-corrected chi connectivity index (χ4v) is 11.8. The number of hydrogen-bond donors (Lipinski definition) is 3. The Morgan fingerprint density at radius 3 is 0.782 bits per heavy atom. The molecule has 0 saturated carbocycles. The minimum atomic E-state index is -4.95. The molecule has 516 valence electrons. The van der Waals surface area contributed by atoms with Crippen LogP contribution < -0.4 is 0 Å². The molecule has 0 heterocycles. The van der Waals surface area contributed by atoms with Gasteiger partial charge in [-0.25, -0.2) is 9.13 Å². The molecular formula is C68H132O17P2. The van der Waals surface area contributed by atoms with E-state index in [2.05, 4.69) is 41.5 Å². The van der Waals surface area contributed by atoms with Gasteiger partial charge in [-0.1, -0.05) is 292 Å². The van der Waals surface area contributed by atoms with Crippen molar-refractivity contribution in [2.24, 2.45) is 11.8 Å². The quantitative estimate of drug-likeness (QED) is 0.0222. The van der Waals surface area contributed by atoms with Crippen LogP contribution in [0.25, 0.3) is 0 Å². The van der Waals surface area contributed by atoms with E-state index in [9.17, 15) is 43.2 Å². The lowest BCUT2D eigenvalue weighted by Gasteiger charge is -2.21. The summed E-state index contributed by atoms with van der Waals surface area (Å²) in [6, 6.07) is 0. The molecule has 0 aromatic carbocycles. The molecule has 2 unspecified atom stereocenters. The van der Waals surface area contributed by atoms with Gasteiger partial charge in [0.2, 0.25) is 0 Å². The number of esters is 4. The van der Waals surface area contributed by atoms with Crippen LogP contribution in [-0.4, -0.2) is 96.7 Å². The predicted molar refractivity (Wildman–Crippen MR) is 349 cm³/mol. The summed E-state index contributed by atoms with van der Waals surface area (Å²) in [5.74, 6) is -0.754. The smallest absolute Gasteiger partial charge is 0.462 e. The third-order valence-electron chi connectivity index (χ3n) is 15.7. The topological polar surface area (TPSA) is 237 Å². The first kappa shape index (κ1) is 85.1. The van der Waals surface area contributed by atoms with Crippen LogP contribution in [0.2, 0.25) is 0 Å². The molecule has 87 heavy (non-hydrogen) atoms. The number of phosphoric ester groups is 2. The Bertz CT molecular complexity index is 1700. The van der Waals surface area contributed by atoms with Crippen LogP contribution in [0.3, 0.4) is 0 Å². The van der Waals surface area contributed by atoms with E-state index in [4.69, 9.17) is 37.0 Å². The van der Waals surface area contributed by atoms with E-state index in [1.54, 1.807) is 0 Å². The molecule has 0 aliphatic heterocycles. The number of phosphoric acid groups is 2. The van der Waals surface area contributed by atoms with Gasteiger partial charge >= 0.3 is 39.5 Å². The summed E-state index contributed by atoms with van der Waals surface area (Å²) >= 11 is 0. The van der Waals surface area contributed by atoms with Gasteiger partial charge < -0.3 is 33.8 Å². The number of rotatable bonds is 67. The fraction of sp³-hybridized carbons (Fsp3) is 0.941. The highest BCUT2D eigenvalue weighted by Gasteiger charge is 2.30. The van der Waals surface area contributed by atoms with E-state index in [0.717, 1.165) is 96.3 Å². The number of carbonyl (C=O) groups excluding carboxylic acids is 4. The van der Waals surface area contributed by atoms with Crippen LogP contribution in [0.4, 0.5) is 0 Å². The Hall–Kier alpha value is -1.94. The summed E-state index contributed by atoms with van der Waals surface area (Å²) in [5, 5.41) is 10.6. The van der Waals surface area contributed by atoms with Crippen molar-refractivity contribution in [1.82, 2.24) is 0 Å². The van der Waals surface area contributed by atoms with Gasteiger partial charge in [-0.15, -0.1) is 0 Å². The molecule has 3 N–H and O–H groups in total. The monoisotopic (exact) mass is 1280 g/mol. The highest BCUT2D eigenvalue weighted by Crippen LogP contribution is 2.45. The van der Waals surface area contributed by atoms with Crippen LogP contribution in [0.15, 0.2) is 0 Å². The first-order valence-corrected chi connectivity index (χ1v) is 38.5. The van der Waals surface area contributed by atoms with Crippen LogP contribution >= 0.6 is 15.6 Å². The standard InChI is InChI=1S/C68H132O17P2/c1-7-9-11-13-15-17-19-21-23-25-27-31-38-44-50-65(70)78-56-63(84-67(72)52-46-40-32-28-26-24-22-20-18-16-14-12-10-8-2)58-82-86(74,75)80-54-62(69)55-81-87(76,77)83-59-64(57-79-66(71)51-45-39-35-34-37-43-49-61(5)6)85-68(73)53-47-41-33-29-30-36-42-48-60(3)4/h60-64,69H,7-59H2,1-6H3,(H,74,75)(H,76,77)/t62-,63-,64-/m1/s1. The average Bonchev–Trinajstić information content (AvgIpc) is 3.69. The molecule has 0 saturated heterocycles. The molecule has 0 aromatic heterocycles. The van der Waals surface area contributed by atoms with Crippen molar-refractivity contribution in [2.45, 2.75) is 362 Å². The van der Waals surface area contributed by atoms with Crippen molar-refractivity contribution in [3.05, 3.63) is 0 Å². The van der Waals surface area contributed by atoms with Crippen molar-refractivity contribution in [2.75, 3.05) is 39.6 Å². The Kier molecular flexibility index (Phi) is 59.0. The third-order valence-corrected chi connectivity index (χ3v) is 17.6. The second-order valence-electron chi connectivity index (χ2n) is 25.5. The van der Waals surface area contributed by atoms with E-state index in [1.807, 2.05) is 0 Å². The number of aliphatic hydroxyl groups is 1. The second-order valence-corrected chi connectivity index (χ2v) is 28.4. The molecule has 0 fully saturated rings. The van der Waals surface area contributed by atoms with E-state index in [1.165, 1.54) is 154 Å². The molecule has 19 heteroatoms. The molecular weight excluding hydrogens is 1150 g/mol. The minimum absolute atomic E-state index is 0.102. The number of hydrogen-bond acceptors (Lipinski definition) is 15. The van der Waals surface area contributed by atoms with Crippen molar-refractivity contribution in [3.63, 3.8) is 0 Å². The van der Waals surface area contributed by atoms with Crippen LogP contribution in [0, 0.1) is 11.8 Å².